The van der Waals surface area contributed by atoms with E-state index in [4.69, 9.17) is 4.74 Å². The number of hydrogen-bond donors (Lipinski definition) is 1. The molecule has 1 N–H and O–H groups in total. The smallest absolute Gasteiger partial charge is 0.122 e. The topological polar surface area (TPSA) is 29.5 Å². The molecule has 0 spiro atoms. The lowest BCUT2D eigenvalue weighted by molar-refractivity contribution is 0.0813. The number of rotatable bonds is 1. The Labute approximate surface area is 90.9 Å². The summed E-state index contributed by atoms with van der Waals surface area (Å²) in [7, 11) is 1.69. The van der Waals surface area contributed by atoms with Crippen molar-refractivity contribution in [3.05, 3.63) is 29.3 Å². The number of hydrogen-bond acceptors (Lipinski definition) is 2. The zero-order chi connectivity index (χ0) is 11.1. The Morgan fingerprint density at radius 1 is 1.40 bits per heavy atom. The summed E-state index contributed by atoms with van der Waals surface area (Å²) in [5, 5.41) is 10.0. The molecule has 0 heterocycles. The van der Waals surface area contributed by atoms with Gasteiger partial charge in [0.25, 0.3) is 0 Å². The fourth-order valence-electron chi connectivity index (χ4n) is 2.51. The quantitative estimate of drug-likeness (QED) is 0.764. The highest BCUT2D eigenvalue weighted by atomic mass is 16.5. The Morgan fingerprint density at radius 2 is 2.13 bits per heavy atom. The van der Waals surface area contributed by atoms with Crippen LogP contribution in [0.5, 0.6) is 5.75 Å². The fraction of sp³-hybridized carbons (Fsp3) is 0.538. The predicted octanol–water partition coefficient (Wildman–Crippen LogP) is 2.28. The minimum absolute atomic E-state index is 0.208. The minimum atomic E-state index is -0.277. The maximum atomic E-state index is 10.0. The fourth-order valence-corrected chi connectivity index (χ4v) is 2.51. The summed E-state index contributed by atoms with van der Waals surface area (Å²) < 4.78 is 5.39. The number of benzene rings is 1. The summed E-state index contributed by atoms with van der Waals surface area (Å²) in [6.07, 6.45) is 1.51. The third kappa shape index (κ3) is 1.53. The predicted molar refractivity (Wildman–Crippen MR) is 60.3 cm³/mol. The van der Waals surface area contributed by atoms with Crippen LogP contribution in [0.15, 0.2) is 18.2 Å². The molecule has 0 bridgehead atoms. The standard InChI is InChI=1S/C13H18O2/c1-13(2)11(14)8-7-9-5-4-6-10(15-3)12(9)13/h4-6,11,14H,7-8H2,1-3H3. The molecule has 1 aliphatic rings. The molecule has 0 saturated heterocycles. The van der Waals surface area contributed by atoms with E-state index in [1.54, 1.807) is 7.11 Å². The molecular formula is C13H18O2. The van der Waals surface area contributed by atoms with Gasteiger partial charge in [-0.1, -0.05) is 26.0 Å². The first-order valence-corrected chi connectivity index (χ1v) is 5.42. The van der Waals surface area contributed by atoms with Crippen molar-refractivity contribution in [1.82, 2.24) is 0 Å². The van der Waals surface area contributed by atoms with Crippen molar-refractivity contribution in [2.75, 3.05) is 7.11 Å². The van der Waals surface area contributed by atoms with Crippen LogP contribution in [0, 0.1) is 0 Å². The normalized spacial score (nSPS) is 23.3. The molecule has 2 rings (SSSR count). The highest BCUT2D eigenvalue weighted by Crippen LogP contribution is 2.42. The number of aryl methyl sites for hydroxylation is 1. The van der Waals surface area contributed by atoms with Crippen LogP contribution in [0.1, 0.15) is 31.4 Å². The summed E-state index contributed by atoms with van der Waals surface area (Å²) in [4.78, 5) is 0. The van der Waals surface area contributed by atoms with Crippen LogP contribution in [-0.2, 0) is 11.8 Å². The summed E-state index contributed by atoms with van der Waals surface area (Å²) in [5.41, 5.74) is 2.27. The van der Waals surface area contributed by atoms with Crippen molar-refractivity contribution in [2.45, 2.75) is 38.2 Å². The molecule has 1 atom stereocenters. The molecule has 1 aromatic rings. The Hall–Kier alpha value is -1.02. The third-order valence-corrected chi connectivity index (χ3v) is 3.50. The zero-order valence-electron chi connectivity index (χ0n) is 9.58. The van der Waals surface area contributed by atoms with E-state index in [0.29, 0.717) is 0 Å². The molecule has 0 amide bonds. The molecule has 2 heteroatoms. The van der Waals surface area contributed by atoms with E-state index >= 15 is 0 Å². The molecule has 15 heavy (non-hydrogen) atoms. The molecular weight excluding hydrogens is 188 g/mol. The van der Waals surface area contributed by atoms with Crippen LogP contribution in [0.25, 0.3) is 0 Å². The van der Waals surface area contributed by atoms with Gasteiger partial charge in [-0.25, -0.2) is 0 Å². The average molecular weight is 206 g/mol. The number of aliphatic hydroxyl groups is 1. The van der Waals surface area contributed by atoms with Crippen molar-refractivity contribution in [3.63, 3.8) is 0 Å². The van der Waals surface area contributed by atoms with E-state index in [-0.39, 0.29) is 11.5 Å². The van der Waals surface area contributed by atoms with E-state index in [0.717, 1.165) is 18.6 Å². The van der Waals surface area contributed by atoms with Crippen molar-refractivity contribution in [3.8, 4) is 5.75 Å². The van der Waals surface area contributed by atoms with E-state index in [1.807, 2.05) is 12.1 Å². The number of fused-ring (bicyclic) bond motifs is 1. The Morgan fingerprint density at radius 3 is 2.80 bits per heavy atom. The van der Waals surface area contributed by atoms with Crippen LogP contribution < -0.4 is 4.74 Å². The van der Waals surface area contributed by atoms with Gasteiger partial charge in [0.05, 0.1) is 13.2 Å². The lowest BCUT2D eigenvalue weighted by atomic mass is 9.70. The molecule has 1 aromatic carbocycles. The number of aliphatic hydroxyl groups excluding tert-OH is 1. The summed E-state index contributed by atoms with van der Waals surface area (Å²) >= 11 is 0. The van der Waals surface area contributed by atoms with Crippen molar-refractivity contribution < 1.29 is 9.84 Å². The van der Waals surface area contributed by atoms with Crippen LogP contribution in [0.2, 0.25) is 0 Å². The van der Waals surface area contributed by atoms with Crippen LogP contribution >= 0.6 is 0 Å². The molecule has 1 aliphatic carbocycles. The first kappa shape index (κ1) is 10.5. The molecule has 82 valence electrons. The maximum absolute atomic E-state index is 10.0. The first-order chi connectivity index (χ1) is 7.07. The third-order valence-electron chi connectivity index (χ3n) is 3.50. The van der Waals surface area contributed by atoms with E-state index in [9.17, 15) is 5.11 Å². The van der Waals surface area contributed by atoms with Gasteiger partial charge >= 0.3 is 0 Å². The summed E-state index contributed by atoms with van der Waals surface area (Å²) in [6, 6.07) is 6.12. The average Bonchev–Trinajstić information content (AvgIpc) is 2.23. The van der Waals surface area contributed by atoms with Gasteiger partial charge in [-0.05, 0) is 24.5 Å². The molecule has 2 nitrogen and oxygen atoms in total. The largest absolute Gasteiger partial charge is 0.496 e. The zero-order valence-corrected chi connectivity index (χ0v) is 9.58. The van der Waals surface area contributed by atoms with E-state index < -0.39 is 0 Å². The molecule has 1 unspecified atom stereocenters. The Bertz CT molecular complexity index is 355. The lowest BCUT2D eigenvalue weighted by Crippen LogP contribution is -2.38. The van der Waals surface area contributed by atoms with Crippen molar-refractivity contribution in [1.29, 1.82) is 0 Å². The molecule has 0 aliphatic heterocycles. The lowest BCUT2D eigenvalue weighted by Gasteiger charge is -2.38. The summed E-state index contributed by atoms with van der Waals surface area (Å²) in [6.45, 7) is 4.16. The second kappa shape index (κ2) is 3.53. The highest BCUT2D eigenvalue weighted by molar-refractivity contribution is 5.47. The first-order valence-electron chi connectivity index (χ1n) is 5.42. The monoisotopic (exact) mass is 206 g/mol. The van der Waals surface area contributed by atoms with Gasteiger partial charge in [-0.15, -0.1) is 0 Å². The van der Waals surface area contributed by atoms with Gasteiger partial charge in [0.2, 0.25) is 0 Å². The van der Waals surface area contributed by atoms with Crippen LogP contribution in [0.3, 0.4) is 0 Å². The SMILES string of the molecule is COc1cccc2c1C(C)(C)C(O)CC2. The van der Waals surface area contributed by atoms with E-state index in [2.05, 4.69) is 19.9 Å². The molecule has 0 aromatic heterocycles. The highest BCUT2D eigenvalue weighted by Gasteiger charge is 2.37. The molecule has 0 radical (unpaired) electrons. The Kier molecular flexibility index (Phi) is 2.47. The van der Waals surface area contributed by atoms with Gasteiger partial charge < -0.3 is 9.84 Å². The molecule has 0 saturated carbocycles. The molecule has 0 fully saturated rings. The number of ether oxygens (including phenoxy) is 1. The maximum Gasteiger partial charge on any atom is 0.122 e. The van der Waals surface area contributed by atoms with Crippen molar-refractivity contribution >= 4 is 0 Å². The second-order valence-corrected chi connectivity index (χ2v) is 4.77. The van der Waals surface area contributed by atoms with Gasteiger partial charge in [0, 0.05) is 11.0 Å². The second-order valence-electron chi connectivity index (χ2n) is 4.77. The van der Waals surface area contributed by atoms with Gasteiger partial charge in [0.15, 0.2) is 0 Å². The van der Waals surface area contributed by atoms with Gasteiger partial charge in [-0.2, -0.15) is 0 Å². The van der Waals surface area contributed by atoms with E-state index in [1.165, 1.54) is 11.1 Å². The van der Waals surface area contributed by atoms with Gasteiger partial charge in [-0.3, -0.25) is 0 Å². The minimum Gasteiger partial charge on any atom is -0.496 e. The summed E-state index contributed by atoms with van der Waals surface area (Å²) in [5.74, 6) is 0.899. The van der Waals surface area contributed by atoms with Crippen LogP contribution in [0.4, 0.5) is 0 Å². The van der Waals surface area contributed by atoms with Gasteiger partial charge in [0.1, 0.15) is 5.75 Å². The number of methoxy groups -OCH3 is 1. The van der Waals surface area contributed by atoms with Crippen LogP contribution in [-0.4, -0.2) is 18.3 Å². The Balaban J connectivity index is 2.60. The van der Waals surface area contributed by atoms with Crippen molar-refractivity contribution in [2.24, 2.45) is 0 Å².